The lowest BCUT2D eigenvalue weighted by Crippen LogP contribution is -2.43. The van der Waals surface area contributed by atoms with Crippen LogP contribution in [-0.4, -0.2) is 28.2 Å². The second-order valence-corrected chi connectivity index (χ2v) is 9.13. The molecule has 0 atom stereocenters. The average molecular weight is 202 g/mol. The molecule has 13 heavy (non-hydrogen) atoms. The van der Waals surface area contributed by atoms with Crippen LogP contribution in [0, 0.1) is 0 Å². The van der Waals surface area contributed by atoms with Gasteiger partial charge in [0.25, 0.3) is 0 Å². The molecule has 0 aromatic heterocycles. The molecule has 0 N–H and O–H groups in total. The van der Waals surface area contributed by atoms with Crippen molar-refractivity contribution < 1.29 is 9.47 Å². The minimum absolute atomic E-state index is 0.00287. The van der Waals surface area contributed by atoms with Crippen LogP contribution >= 0.6 is 0 Å². The summed E-state index contributed by atoms with van der Waals surface area (Å²) in [4.78, 5) is 0. The van der Waals surface area contributed by atoms with Gasteiger partial charge in [0.1, 0.15) is 14.0 Å². The van der Waals surface area contributed by atoms with Gasteiger partial charge in [-0.3, -0.25) is 0 Å². The Morgan fingerprint density at radius 1 is 1.23 bits per heavy atom. The Hall–Kier alpha value is -0.123. The van der Waals surface area contributed by atoms with Crippen LogP contribution in [0.25, 0.3) is 0 Å². The van der Waals surface area contributed by atoms with Gasteiger partial charge in [0.05, 0.1) is 0 Å². The standard InChI is InChI=1S/C10H22O2Si/c1-9(2)7-8-13(5,6)10(11-3)12-4/h7,10H,8H2,1-6H3. The van der Waals surface area contributed by atoms with Crippen LogP contribution in [0.5, 0.6) is 0 Å². The lowest BCUT2D eigenvalue weighted by atomic mass is 10.3. The third-order valence-electron chi connectivity index (χ3n) is 2.10. The minimum atomic E-state index is -1.42. The smallest absolute Gasteiger partial charge is 0.140 e. The van der Waals surface area contributed by atoms with Crippen LogP contribution in [0.2, 0.25) is 19.1 Å². The number of hydrogen-bond donors (Lipinski definition) is 0. The van der Waals surface area contributed by atoms with E-state index >= 15 is 0 Å². The van der Waals surface area contributed by atoms with E-state index in [0.717, 1.165) is 6.04 Å². The predicted molar refractivity (Wildman–Crippen MR) is 59.5 cm³/mol. The number of ether oxygens (including phenoxy) is 2. The fourth-order valence-electron chi connectivity index (χ4n) is 1.30. The molecule has 0 aliphatic carbocycles. The molecule has 0 fully saturated rings. The third kappa shape index (κ3) is 4.60. The summed E-state index contributed by atoms with van der Waals surface area (Å²) < 4.78 is 10.6. The van der Waals surface area contributed by atoms with E-state index in [9.17, 15) is 0 Å². The van der Waals surface area contributed by atoms with Crippen molar-refractivity contribution in [1.82, 2.24) is 0 Å². The second-order valence-electron chi connectivity index (χ2n) is 4.28. The molecule has 0 aliphatic rings. The molecular weight excluding hydrogens is 180 g/mol. The average Bonchev–Trinajstić information content (AvgIpc) is 2.03. The van der Waals surface area contributed by atoms with Crippen molar-refractivity contribution in [2.45, 2.75) is 38.9 Å². The summed E-state index contributed by atoms with van der Waals surface area (Å²) >= 11 is 0. The highest BCUT2D eigenvalue weighted by Gasteiger charge is 2.31. The number of methoxy groups -OCH3 is 2. The fraction of sp³-hybridized carbons (Fsp3) is 0.800. The Morgan fingerprint density at radius 2 is 1.69 bits per heavy atom. The van der Waals surface area contributed by atoms with Crippen LogP contribution in [0.1, 0.15) is 13.8 Å². The quantitative estimate of drug-likeness (QED) is 0.388. The molecule has 0 amide bonds. The summed E-state index contributed by atoms with van der Waals surface area (Å²) in [6.45, 7) is 8.81. The summed E-state index contributed by atoms with van der Waals surface area (Å²) in [5.41, 5.74) is 1.37. The molecule has 0 saturated heterocycles. The predicted octanol–water partition coefficient (Wildman–Crippen LogP) is 2.82. The maximum atomic E-state index is 5.31. The van der Waals surface area contributed by atoms with Gasteiger partial charge < -0.3 is 9.47 Å². The topological polar surface area (TPSA) is 18.5 Å². The first kappa shape index (κ1) is 12.9. The molecule has 0 aliphatic heterocycles. The van der Waals surface area contributed by atoms with Crippen LogP contribution in [-0.2, 0) is 9.47 Å². The van der Waals surface area contributed by atoms with Crippen LogP contribution in [0.3, 0.4) is 0 Å². The molecule has 0 saturated carbocycles. The van der Waals surface area contributed by atoms with Gasteiger partial charge in [-0.2, -0.15) is 0 Å². The molecule has 0 unspecified atom stereocenters. The zero-order chi connectivity index (χ0) is 10.5. The lowest BCUT2D eigenvalue weighted by molar-refractivity contribution is -0.0499. The van der Waals surface area contributed by atoms with Gasteiger partial charge in [-0.05, 0) is 19.9 Å². The van der Waals surface area contributed by atoms with E-state index in [2.05, 4.69) is 33.0 Å². The summed E-state index contributed by atoms with van der Waals surface area (Å²) in [5.74, 6) is 0.00287. The molecule has 0 bridgehead atoms. The third-order valence-corrected chi connectivity index (χ3v) is 5.11. The molecule has 0 spiro atoms. The van der Waals surface area contributed by atoms with Gasteiger partial charge in [-0.15, -0.1) is 0 Å². The highest BCUT2D eigenvalue weighted by Crippen LogP contribution is 2.18. The second kappa shape index (κ2) is 5.57. The Balaban J connectivity index is 4.27. The Kier molecular flexibility index (Phi) is 5.52. The van der Waals surface area contributed by atoms with Crippen molar-refractivity contribution in [2.75, 3.05) is 14.2 Å². The summed E-state index contributed by atoms with van der Waals surface area (Å²) in [7, 11) is 2.01. The Morgan fingerprint density at radius 3 is 2.00 bits per heavy atom. The minimum Gasteiger partial charge on any atom is -0.360 e. The van der Waals surface area contributed by atoms with Gasteiger partial charge in [0.2, 0.25) is 0 Å². The molecule has 78 valence electrons. The van der Waals surface area contributed by atoms with E-state index in [-0.39, 0.29) is 5.91 Å². The number of allylic oxidation sites excluding steroid dienone is 2. The van der Waals surface area contributed by atoms with E-state index in [4.69, 9.17) is 9.47 Å². The van der Waals surface area contributed by atoms with E-state index in [1.54, 1.807) is 14.2 Å². The highest BCUT2D eigenvalue weighted by atomic mass is 28.3. The van der Waals surface area contributed by atoms with Gasteiger partial charge in [0.15, 0.2) is 0 Å². The van der Waals surface area contributed by atoms with Crippen molar-refractivity contribution >= 4 is 8.07 Å². The van der Waals surface area contributed by atoms with Crippen molar-refractivity contribution in [3.05, 3.63) is 11.6 Å². The first-order chi connectivity index (χ1) is 5.94. The normalized spacial score (nSPS) is 11.9. The molecule has 0 rings (SSSR count). The molecule has 0 radical (unpaired) electrons. The first-order valence-electron chi connectivity index (χ1n) is 4.63. The molecule has 0 aromatic carbocycles. The summed E-state index contributed by atoms with van der Waals surface area (Å²) in [6.07, 6.45) is 2.28. The van der Waals surface area contributed by atoms with Gasteiger partial charge >= 0.3 is 0 Å². The number of hydrogen-bond acceptors (Lipinski definition) is 2. The van der Waals surface area contributed by atoms with E-state index in [0.29, 0.717) is 0 Å². The van der Waals surface area contributed by atoms with Gasteiger partial charge in [0, 0.05) is 14.2 Å². The zero-order valence-electron chi connectivity index (χ0n) is 9.68. The Labute approximate surface area is 82.9 Å². The lowest BCUT2D eigenvalue weighted by Gasteiger charge is -2.28. The van der Waals surface area contributed by atoms with E-state index in [1.165, 1.54) is 5.57 Å². The molecule has 0 aromatic rings. The zero-order valence-corrected chi connectivity index (χ0v) is 10.7. The largest absolute Gasteiger partial charge is 0.360 e. The van der Waals surface area contributed by atoms with Crippen LogP contribution in [0.15, 0.2) is 11.6 Å². The number of rotatable bonds is 5. The van der Waals surface area contributed by atoms with Crippen molar-refractivity contribution in [3.8, 4) is 0 Å². The van der Waals surface area contributed by atoms with Crippen molar-refractivity contribution in [3.63, 3.8) is 0 Å². The Bertz CT molecular complexity index is 168. The summed E-state index contributed by atoms with van der Waals surface area (Å²) in [5, 5.41) is 0. The van der Waals surface area contributed by atoms with Crippen molar-refractivity contribution in [1.29, 1.82) is 0 Å². The van der Waals surface area contributed by atoms with Crippen LogP contribution in [0.4, 0.5) is 0 Å². The van der Waals surface area contributed by atoms with E-state index < -0.39 is 8.07 Å². The highest BCUT2D eigenvalue weighted by molar-refractivity contribution is 6.78. The molecule has 3 heteroatoms. The van der Waals surface area contributed by atoms with Crippen LogP contribution < -0.4 is 0 Å². The van der Waals surface area contributed by atoms with Crippen molar-refractivity contribution in [2.24, 2.45) is 0 Å². The van der Waals surface area contributed by atoms with Gasteiger partial charge in [-0.1, -0.05) is 24.7 Å². The molecular formula is C10H22O2Si. The SMILES string of the molecule is COC(OC)[Si](C)(C)CC=C(C)C. The summed E-state index contributed by atoms with van der Waals surface area (Å²) in [6, 6.07) is 1.11. The maximum Gasteiger partial charge on any atom is 0.140 e. The molecule has 2 nitrogen and oxygen atoms in total. The fourth-order valence-corrected chi connectivity index (χ4v) is 3.70. The maximum absolute atomic E-state index is 5.31. The van der Waals surface area contributed by atoms with E-state index in [1.807, 2.05) is 0 Å². The molecule has 0 heterocycles. The van der Waals surface area contributed by atoms with Gasteiger partial charge in [-0.25, -0.2) is 0 Å². The monoisotopic (exact) mass is 202 g/mol. The first-order valence-corrected chi connectivity index (χ1v) is 7.91.